The van der Waals surface area contributed by atoms with Gasteiger partial charge in [-0.05, 0) is 12.5 Å². The maximum absolute atomic E-state index is 6.00. The summed E-state index contributed by atoms with van der Waals surface area (Å²) in [5.41, 5.74) is 0. The smallest absolute Gasteiger partial charge is 0.143 e. The average Bonchev–Trinajstić information content (AvgIpc) is 1.92. The summed E-state index contributed by atoms with van der Waals surface area (Å²) in [6.45, 7) is -2.34. The van der Waals surface area contributed by atoms with Crippen molar-refractivity contribution in [2.75, 3.05) is 0 Å². The van der Waals surface area contributed by atoms with Crippen molar-refractivity contribution in [3.63, 3.8) is 0 Å². The van der Waals surface area contributed by atoms with Crippen LogP contribution in [0, 0.1) is 0 Å². The van der Waals surface area contributed by atoms with E-state index >= 15 is 0 Å². The first-order valence-electron chi connectivity index (χ1n) is 3.97. The Balaban J connectivity index is 0.000000336. The first-order valence-corrected chi connectivity index (χ1v) is 15.0. The standard InChI is InChI=1S/C5H8Cl4Si.Cl4Si/c6-5(7)3-1-2-4-10(5,8)9;1-5(2,3)4/h1-4H2;. The second-order valence-corrected chi connectivity index (χ2v) is 23.5. The van der Waals surface area contributed by atoms with Gasteiger partial charge in [0.1, 0.15) is 3.96 Å². The van der Waals surface area contributed by atoms with Crippen molar-refractivity contribution in [1.29, 1.82) is 0 Å². The molecule has 0 unspecified atom stereocenters. The van der Waals surface area contributed by atoms with Crippen molar-refractivity contribution in [1.82, 2.24) is 0 Å². The van der Waals surface area contributed by atoms with Crippen LogP contribution in [0.1, 0.15) is 19.3 Å². The highest BCUT2D eigenvalue weighted by molar-refractivity contribution is 7.81. The van der Waals surface area contributed by atoms with Crippen molar-refractivity contribution >= 4 is 102 Å². The quantitative estimate of drug-likeness (QED) is 0.255. The molecule has 0 radical (unpaired) electrons. The van der Waals surface area contributed by atoms with Gasteiger partial charge in [0.15, 0.2) is 0 Å². The van der Waals surface area contributed by atoms with Crippen molar-refractivity contribution in [3.05, 3.63) is 0 Å². The SMILES string of the molecule is ClC1(Cl)CCCC[Si]1(Cl)Cl.Cl[Si](Cl)(Cl)Cl. The molecule has 0 atom stereocenters. The molecule has 0 N–H and O–H groups in total. The third-order valence-corrected chi connectivity index (χ3v) is 10.6. The zero-order valence-electron chi connectivity index (χ0n) is 7.35. The van der Waals surface area contributed by atoms with Crippen LogP contribution in [0.3, 0.4) is 0 Å². The van der Waals surface area contributed by atoms with E-state index in [2.05, 4.69) is 0 Å². The van der Waals surface area contributed by atoms with Crippen LogP contribution < -0.4 is 0 Å². The summed E-state index contributed by atoms with van der Waals surface area (Å²) in [6.07, 6.45) is 2.86. The van der Waals surface area contributed by atoms with E-state index in [0.29, 0.717) is 0 Å². The van der Waals surface area contributed by atoms with Gasteiger partial charge in [-0.25, -0.2) is 0 Å². The minimum atomic E-state index is -2.72. The third kappa shape index (κ3) is 8.47. The average molecular weight is 408 g/mol. The zero-order valence-corrected chi connectivity index (χ0v) is 15.4. The van der Waals surface area contributed by atoms with Crippen molar-refractivity contribution < 1.29 is 0 Å². The highest BCUT2D eigenvalue weighted by Gasteiger charge is 2.51. The Labute approximate surface area is 130 Å². The van der Waals surface area contributed by atoms with Crippen LogP contribution in [0.5, 0.6) is 0 Å². The van der Waals surface area contributed by atoms with Crippen LogP contribution in [-0.2, 0) is 0 Å². The second kappa shape index (κ2) is 6.79. The third-order valence-electron chi connectivity index (χ3n) is 1.77. The van der Waals surface area contributed by atoms with Crippen molar-refractivity contribution in [2.45, 2.75) is 29.3 Å². The van der Waals surface area contributed by atoms with E-state index in [1.54, 1.807) is 0 Å². The van der Waals surface area contributed by atoms with E-state index in [1.807, 2.05) is 0 Å². The number of alkyl halides is 2. The Morgan fingerprint density at radius 1 is 0.933 bits per heavy atom. The molecule has 0 aromatic rings. The minimum Gasteiger partial charge on any atom is -0.143 e. The molecule has 1 saturated heterocycles. The van der Waals surface area contributed by atoms with E-state index < -0.39 is 16.0 Å². The number of hydrogen-bond donors (Lipinski definition) is 0. The Morgan fingerprint density at radius 3 is 1.53 bits per heavy atom. The first-order chi connectivity index (χ1) is 6.46. The lowest BCUT2D eigenvalue weighted by atomic mass is 10.3. The van der Waals surface area contributed by atoms with Crippen molar-refractivity contribution in [3.8, 4) is 0 Å². The largest absolute Gasteiger partial charge is 0.440 e. The van der Waals surface area contributed by atoms with E-state index in [4.69, 9.17) is 89.7 Å². The fraction of sp³-hybridized carbons (Fsp3) is 1.00. The van der Waals surface area contributed by atoms with Gasteiger partial charge in [-0.1, -0.05) is 12.8 Å². The van der Waals surface area contributed by atoms with Gasteiger partial charge in [-0.15, -0.1) is 89.7 Å². The van der Waals surface area contributed by atoms with E-state index in [-0.39, 0.29) is 0 Å². The fourth-order valence-electron chi connectivity index (χ4n) is 1.06. The maximum atomic E-state index is 6.00. The predicted octanol–water partition coefficient (Wildman–Crippen LogP) is 6.18. The fourth-order valence-corrected chi connectivity index (χ4v) is 4.87. The number of hydrogen-bond acceptors (Lipinski definition) is 0. The molecule has 15 heavy (non-hydrogen) atoms. The number of halogens is 8. The monoisotopic (exact) mass is 404 g/mol. The lowest BCUT2D eigenvalue weighted by Crippen LogP contribution is -2.44. The van der Waals surface area contributed by atoms with E-state index in [9.17, 15) is 0 Å². The maximum Gasteiger partial charge on any atom is 0.440 e. The van der Waals surface area contributed by atoms with Crippen LogP contribution in [-0.4, -0.2) is 16.0 Å². The molecular weight excluding hydrogens is 400 g/mol. The summed E-state index contributed by atoms with van der Waals surface area (Å²) in [6, 6.07) is 0.823. The van der Waals surface area contributed by atoms with Crippen LogP contribution in [0.15, 0.2) is 0 Å². The predicted molar refractivity (Wildman–Crippen MR) is 79.7 cm³/mol. The van der Waals surface area contributed by atoms with Crippen LogP contribution in [0.2, 0.25) is 6.04 Å². The van der Waals surface area contributed by atoms with Crippen molar-refractivity contribution in [2.24, 2.45) is 0 Å². The summed E-state index contributed by atoms with van der Waals surface area (Å²) < 4.78 is -0.811. The minimum absolute atomic E-state index is 0.745. The highest BCUT2D eigenvalue weighted by atomic mass is 36.0. The molecule has 0 bridgehead atoms. The molecule has 0 aliphatic carbocycles. The highest BCUT2D eigenvalue weighted by Crippen LogP contribution is 2.48. The molecule has 1 heterocycles. The lowest BCUT2D eigenvalue weighted by molar-refractivity contribution is 0.684. The number of rotatable bonds is 0. The molecule has 0 aromatic carbocycles. The first kappa shape index (κ1) is 17.8. The van der Waals surface area contributed by atoms with Gasteiger partial charge in [-0.2, -0.15) is 0 Å². The van der Waals surface area contributed by atoms with Gasteiger partial charge >= 0.3 is 5.31 Å². The Morgan fingerprint density at radius 2 is 1.33 bits per heavy atom. The molecule has 0 nitrogen and oxygen atoms in total. The molecule has 1 rings (SSSR count). The Kier molecular flexibility index (Phi) is 8.03. The molecule has 1 fully saturated rings. The van der Waals surface area contributed by atoms with Crippen LogP contribution in [0.25, 0.3) is 0 Å². The van der Waals surface area contributed by atoms with Gasteiger partial charge in [0.05, 0.1) is 0 Å². The Hall–Kier alpha value is 2.75. The second-order valence-electron chi connectivity index (χ2n) is 3.04. The molecular formula is C5H8Cl8Si2. The summed E-state index contributed by atoms with van der Waals surface area (Å²) in [5.74, 6) is 0. The van der Waals surface area contributed by atoms with Crippen LogP contribution >= 0.6 is 89.7 Å². The molecule has 10 heteroatoms. The van der Waals surface area contributed by atoms with Crippen LogP contribution in [0.4, 0.5) is 0 Å². The summed E-state index contributed by atoms with van der Waals surface area (Å²) in [4.78, 5) is 0. The lowest BCUT2D eigenvalue weighted by Gasteiger charge is -2.34. The molecule has 1 aliphatic heterocycles. The normalized spacial score (nSPS) is 24.0. The van der Waals surface area contributed by atoms with Gasteiger partial charge in [0.25, 0.3) is 6.69 Å². The zero-order chi connectivity index (χ0) is 12.3. The van der Waals surface area contributed by atoms with Gasteiger partial charge < -0.3 is 0 Å². The summed E-state index contributed by atoms with van der Waals surface area (Å²) in [5, 5.41) is -2.72. The molecule has 0 amide bonds. The van der Waals surface area contributed by atoms with Gasteiger partial charge in [-0.3, -0.25) is 0 Å². The van der Waals surface area contributed by atoms with Gasteiger partial charge in [0, 0.05) is 0 Å². The van der Waals surface area contributed by atoms with Gasteiger partial charge in [0.2, 0.25) is 0 Å². The molecule has 1 aliphatic rings. The molecule has 0 spiro atoms. The summed E-state index contributed by atoms with van der Waals surface area (Å²) >= 11 is 43.7. The van der Waals surface area contributed by atoms with E-state index in [0.717, 1.165) is 25.3 Å². The van der Waals surface area contributed by atoms with E-state index in [1.165, 1.54) is 0 Å². The molecule has 92 valence electrons. The molecule has 0 saturated carbocycles. The molecule has 0 aromatic heterocycles. The topological polar surface area (TPSA) is 0 Å². The summed E-state index contributed by atoms with van der Waals surface area (Å²) in [7, 11) is 0. The Bertz CT molecular complexity index is 178.